The summed E-state index contributed by atoms with van der Waals surface area (Å²) in [6.07, 6.45) is -1.50. The molecule has 0 unspecified atom stereocenters. The van der Waals surface area contributed by atoms with E-state index in [9.17, 15) is 22.4 Å². The number of pyridine rings is 1. The largest absolute Gasteiger partial charge is 0.419 e. The average molecular weight is 396 g/mol. The van der Waals surface area contributed by atoms with E-state index in [1.54, 1.807) is 12.1 Å². The minimum Gasteiger partial charge on any atom is -0.356 e. The number of carbonyl (C=O) groups excluding carboxylic acids is 1. The van der Waals surface area contributed by atoms with Gasteiger partial charge >= 0.3 is 6.18 Å². The first-order valence-electron chi connectivity index (χ1n) is 9.19. The summed E-state index contributed by atoms with van der Waals surface area (Å²) < 4.78 is 50.8. The van der Waals surface area contributed by atoms with Gasteiger partial charge in [0.2, 0.25) is 5.91 Å². The Morgan fingerprint density at radius 1 is 1.11 bits per heavy atom. The molecule has 2 N–H and O–H groups in total. The number of aromatic nitrogens is 1. The Labute approximate surface area is 160 Å². The number of hydrogen-bond acceptors (Lipinski definition) is 2. The van der Waals surface area contributed by atoms with Crippen LogP contribution in [0.15, 0.2) is 42.6 Å². The Morgan fingerprint density at radius 2 is 1.79 bits per heavy atom. The van der Waals surface area contributed by atoms with Gasteiger partial charge in [0.25, 0.3) is 5.82 Å². The van der Waals surface area contributed by atoms with Crippen LogP contribution in [0.5, 0.6) is 0 Å². The SMILES string of the molecule is O=C(NCCc1ccc(F)cc1)C1CCN(c2ccc(C(F)(F)F)c[nH+]2)CC1. The number of anilines is 1. The lowest BCUT2D eigenvalue weighted by atomic mass is 9.95. The second-order valence-electron chi connectivity index (χ2n) is 6.89. The van der Waals surface area contributed by atoms with Crippen molar-refractivity contribution in [3.05, 3.63) is 59.5 Å². The van der Waals surface area contributed by atoms with Crippen LogP contribution in [0.2, 0.25) is 0 Å². The van der Waals surface area contributed by atoms with Gasteiger partial charge in [-0.15, -0.1) is 0 Å². The number of benzene rings is 1. The summed E-state index contributed by atoms with van der Waals surface area (Å²) in [7, 11) is 0. The molecule has 8 heteroatoms. The summed E-state index contributed by atoms with van der Waals surface area (Å²) in [6.45, 7) is 1.67. The van der Waals surface area contributed by atoms with Crippen molar-refractivity contribution in [2.24, 2.45) is 5.92 Å². The lowest BCUT2D eigenvalue weighted by Crippen LogP contribution is -2.42. The molecule has 0 saturated carbocycles. The van der Waals surface area contributed by atoms with Crippen molar-refractivity contribution in [3.8, 4) is 0 Å². The number of halogens is 4. The number of amides is 1. The highest BCUT2D eigenvalue weighted by atomic mass is 19.4. The smallest absolute Gasteiger partial charge is 0.356 e. The van der Waals surface area contributed by atoms with Gasteiger partial charge in [0.15, 0.2) is 0 Å². The summed E-state index contributed by atoms with van der Waals surface area (Å²) in [5, 5.41) is 2.91. The molecule has 0 aliphatic carbocycles. The van der Waals surface area contributed by atoms with Gasteiger partial charge in [0.1, 0.15) is 12.0 Å². The second-order valence-corrected chi connectivity index (χ2v) is 6.89. The van der Waals surface area contributed by atoms with Crippen LogP contribution in [0.4, 0.5) is 23.4 Å². The Hall–Kier alpha value is -2.64. The lowest BCUT2D eigenvalue weighted by Gasteiger charge is -2.27. The Balaban J connectivity index is 1.44. The van der Waals surface area contributed by atoms with Gasteiger partial charge in [0, 0.05) is 18.5 Å². The van der Waals surface area contributed by atoms with Gasteiger partial charge in [-0.05, 0) is 43.0 Å². The molecular weight excluding hydrogens is 374 g/mol. The topological polar surface area (TPSA) is 46.5 Å². The minimum absolute atomic E-state index is 0.0156. The van der Waals surface area contributed by atoms with Crippen molar-refractivity contribution >= 4 is 11.7 Å². The van der Waals surface area contributed by atoms with E-state index in [4.69, 9.17) is 0 Å². The molecule has 150 valence electrons. The normalized spacial score (nSPS) is 15.5. The van der Waals surface area contributed by atoms with Gasteiger partial charge < -0.3 is 5.32 Å². The molecule has 1 amide bonds. The summed E-state index contributed by atoms with van der Waals surface area (Å²) >= 11 is 0. The fourth-order valence-corrected chi connectivity index (χ4v) is 3.30. The number of nitrogens with zero attached hydrogens (tertiary/aromatic N) is 1. The monoisotopic (exact) mass is 396 g/mol. The Morgan fingerprint density at radius 3 is 2.36 bits per heavy atom. The zero-order valence-corrected chi connectivity index (χ0v) is 15.2. The minimum atomic E-state index is -4.37. The number of rotatable bonds is 5. The number of aromatic amines is 1. The number of H-pyrrole nitrogens is 1. The third kappa shape index (κ3) is 5.21. The fourth-order valence-electron chi connectivity index (χ4n) is 3.30. The number of nitrogens with one attached hydrogen (secondary N) is 2. The third-order valence-electron chi connectivity index (χ3n) is 4.96. The average Bonchev–Trinajstić information content (AvgIpc) is 2.69. The summed E-state index contributed by atoms with van der Waals surface area (Å²) in [6, 6.07) is 8.66. The maximum atomic E-state index is 12.9. The van der Waals surface area contributed by atoms with Crippen molar-refractivity contribution in [3.63, 3.8) is 0 Å². The molecular formula is C20H22F4N3O+. The van der Waals surface area contributed by atoms with E-state index in [1.165, 1.54) is 18.2 Å². The molecule has 0 spiro atoms. The van der Waals surface area contributed by atoms with Crippen LogP contribution in [0, 0.1) is 11.7 Å². The van der Waals surface area contributed by atoms with Crippen molar-refractivity contribution in [2.75, 3.05) is 24.5 Å². The van der Waals surface area contributed by atoms with E-state index >= 15 is 0 Å². The van der Waals surface area contributed by atoms with Crippen LogP contribution in [0.25, 0.3) is 0 Å². The molecule has 1 aliphatic heterocycles. The molecule has 4 nitrogen and oxygen atoms in total. The molecule has 0 atom stereocenters. The quantitative estimate of drug-likeness (QED) is 0.789. The first kappa shape index (κ1) is 20.1. The molecule has 2 aromatic rings. The molecule has 0 bridgehead atoms. The Bertz CT molecular complexity index is 783. The molecule has 1 aliphatic rings. The van der Waals surface area contributed by atoms with E-state index < -0.39 is 11.7 Å². The first-order chi connectivity index (χ1) is 13.3. The standard InChI is InChI=1S/C20H21F4N3O/c21-17-4-1-14(2-5-17)7-10-25-19(28)15-8-11-27(12-9-15)18-6-3-16(13-26-18)20(22,23)24/h1-6,13,15H,7-12H2,(H,25,28)/p+1. The van der Waals surface area contributed by atoms with Crippen LogP contribution >= 0.6 is 0 Å². The van der Waals surface area contributed by atoms with Crippen molar-refractivity contribution in [2.45, 2.75) is 25.4 Å². The summed E-state index contributed by atoms with van der Waals surface area (Å²) in [5.74, 6) is 0.199. The number of hydrogen-bond donors (Lipinski definition) is 1. The van der Waals surface area contributed by atoms with Crippen LogP contribution in [0.3, 0.4) is 0 Å². The van der Waals surface area contributed by atoms with Crippen molar-refractivity contribution in [1.82, 2.24) is 5.32 Å². The lowest BCUT2D eigenvalue weighted by molar-refractivity contribution is -0.367. The highest BCUT2D eigenvalue weighted by Gasteiger charge is 2.33. The molecule has 28 heavy (non-hydrogen) atoms. The van der Waals surface area contributed by atoms with E-state index in [-0.39, 0.29) is 17.6 Å². The molecule has 0 radical (unpaired) electrons. The van der Waals surface area contributed by atoms with Crippen LogP contribution in [-0.2, 0) is 17.4 Å². The van der Waals surface area contributed by atoms with Gasteiger partial charge in [-0.25, -0.2) is 9.37 Å². The predicted octanol–water partition coefficient (Wildman–Crippen LogP) is 3.23. The molecule has 3 rings (SSSR count). The number of piperidine rings is 1. The van der Waals surface area contributed by atoms with Crippen molar-refractivity contribution in [1.29, 1.82) is 0 Å². The fraction of sp³-hybridized carbons (Fsp3) is 0.400. The van der Waals surface area contributed by atoms with E-state index in [0.717, 1.165) is 17.8 Å². The zero-order valence-electron chi connectivity index (χ0n) is 15.2. The van der Waals surface area contributed by atoms with E-state index in [2.05, 4.69) is 10.3 Å². The number of alkyl halides is 3. The highest BCUT2D eigenvalue weighted by molar-refractivity contribution is 5.78. The third-order valence-corrected chi connectivity index (χ3v) is 4.96. The maximum absolute atomic E-state index is 12.9. The second kappa shape index (κ2) is 8.58. The van der Waals surface area contributed by atoms with Gasteiger partial charge in [-0.3, -0.25) is 9.69 Å². The maximum Gasteiger partial charge on any atom is 0.419 e. The zero-order chi connectivity index (χ0) is 20.1. The van der Waals surface area contributed by atoms with E-state index in [0.29, 0.717) is 44.7 Å². The molecule has 1 saturated heterocycles. The summed E-state index contributed by atoms with van der Waals surface area (Å²) in [4.78, 5) is 17.0. The van der Waals surface area contributed by atoms with Crippen LogP contribution in [-0.4, -0.2) is 25.5 Å². The molecule has 1 aromatic heterocycles. The number of carbonyl (C=O) groups is 1. The molecule has 1 aromatic carbocycles. The van der Waals surface area contributed by atoms with Gasteiger partial charge in [-0.2, -0.15) is 13.2 Å². The van der Waals surface area contributed by atoms with Gasteiger partial charge in [-0.1, -0.05) is 12.1 Å². The van der Waals surface area contributed by atoms with E-state index in [1.807, 2.05) is 4.90 Å². The molecule has 1 fully saturated rings. The predicted molar refractivity (Wildman–Crippen MR) is 96.1 cm³/mol. The van der Waals surface area contributed by atoms with Gasteiger partial charge in [0.05, 0.1) is 18.7 Å². The van der Waals surface area contributed by atoms with Crippen LogP contribution in [0.1, 0.15) is 24.0 Å². The van der Waals surface area contributed by atoms with Crippen LogP contribution < -0.4 is 15.2 Å². The Kier molecular flexibility index (Phi) is 6.16. The summed E-state index contributed by atoms with van der Waals surface area (Å²) in [5.41, 5.74) is 0.237. The highest BCUT2D eigenvalue weighted by Crippen LogP contribution is 2.29. The molecule has 2 heterocycles. The first-order valence-corrected chi connectivity index (χ1v) is 9.19. The van der Waals surface area contributed by atoms with Crippen molar-refractivity contribution < 1.29 is 27.3 Å².